The number of phenols is 1. The Morgan fingerprint density at radius 1 is 1.40 bits per heavy atom. The summed E-state index contributed by atoms with van der Waals surface area (Å²) in [4.78, 5) is 0. The summed E-state index contributed by atoms with van der Waals surface area (Å²) in [7, 11) is 0. The highest BCUT2D eigenvalue weighted by atomic mass is 16.5. The Labute approximate surface area is 90.2 Å². The molecule has 80 valence electrons. The van der Waals surface area contributed by atoms with Gasteiger partial charge in [0.05, 0.1) is 0 Å². The molecule has 1 atom stereocenters. The molecule has 2 rings (SSSR count). The van der Waals surface area contributed by atoms with Crippen LogP contribution in [0, 0.1) is 0 Å². The lowest BCUT2D eigenvalue weighted by Crippen LogP contribution is -2.16. The van der Waals surface area contributed by atoms with Crippen LogP contribution in [0.1, 0.15) is 31.7 Å². The standard InChI is InChI=1S/C13H16O2/c1-2-3-6-11-9-8-10-5-4-7-12(14)13(10)15-11/h4-5,7-9,11,14H,2-3,6H2,1H3. The van der Waals surface area contributed by atoms with E-state index in [2.05, 4.69) is 13.0 Å². The molecule has 0 spiro atoms. The summed E-state index contributed by atoms with van der Waals surface area (Å²) < 4.78 is 5.73. The van der Waals surface area contributed by atoms with E-state index in [9.17, 15) is 5.11 Å². The zero-order valence-corrected chi connectivity index (χ0v) is 8.94. The lowest BCUT2D eigenvalue weighted by molar-refractivity contribution is 0.222. The number of hydrogen-bond acceptors (Lipinski definition) is 2. The van der Waals surface area contributed by atoms with Crippen molar-refractivity contribution < 1.29 is 9.84 Å². The molecule has 0 fully saturated rings. The van der Waals surface area contributed by atoms with Crippen molar-refractivity contribution in [1.82, 2.24) is 0 Å². The molecule has 1 aliphatic heterocycles. The van der Waals surface area contributed by atoms with Crippen LogP contribution in [0.4, 0.5) is 0 Å². The van der Waals surface area contributed by atoms with Gasteiger partial charge in [0.25, 0.3) is 0 Å². The molecular formula is C13H16O2. The molecular weight excluding hydrogens is 188 g/mol. The van der Waals surface area contributed by atoms with Gasteiger partial charge >= 0.3 is 0 Å². The third-order valence-corrected chi connectivity index (χ3v) is 2.63. The maximum atomic E-state index is 9.64. The molecule has 1 heterocycles. The lowest BCUT2D eigenvalue weighted by atomic mass is 10.1. The predicted octanol–water partition coefficient (Wildman–Crippen LogP) is 3.36. The number of phenolic OH excluding ortho intramolecular Hbond substituents is 1. The van der Waals surface area contributed by atoms with Crippen molar-refractivity contribution in [2.24, 2.45) is 0 Å². The monoisotopic (exact) mass is 204 g/mol. The van der Waals surface area contributed by atoms with Gasteiger partial charge in [0.1, 0.15) is 6.10 Å². The molecule has 0 bridgehead atoms. The summed E-state index contributed by atoms with van der Waals surface area (Å²) in [5.74, 6) is 0.861. The molecule has 2 nitrogen and oxygen atoms in total. The van der Waals surface area contributed by atoms with E-state index in [0.29, 0.717) is 5.75 Å². The number of unbranched alkanes of at least 4 members (excludes halogenated alkanes) is 1. The fourth-order valence-corrected chi connectivity index (χ4v) is 1.76. The quantitative estimate of drug-likeness (QED) is 0.818. The van der Waals surface area contributed by atoms with Crippen LogP contribution in [-0.4, -0.2) is 11.2 Å². The van der Waals surface area contributed by atoms with E-state index < -0.39 is 0 Å². The van der Waals surface area contributed by atoms with E-state index in [1.54, 1.807) is 6.07 Å². The Balaban J connectivity index is 2.15. The third-order valence-electron chi connectivity index (χ3n) is 2.63. The normalized spacial score (nSPS) is 18.3. The number of para-hydroxylation sites is 1. The molecule has 0 aromatic heterocycles. The van der Waals surface area contributed by atoms with E-state index in [-0.39, 0.29) is 11.9 Å². The van der Waals surface area contributed by atoms with Gasteiger partial charge in [0.2, 0.25) is 0 Å². The summed E-state index contributed by atoms with van der Waals surface area (Å²) in [6, 6.07) is 5.44. The molecule has 1 aromatic carbocycles. The Bertz CT molecular complexity index is 369. The van der Waals surface area contributed by atoms with Crippen molar-refractivity contribution in [2.75, 3.05) is 0 Å². The predicted molar refractivity (Wildman–Crippen MR) is 61.1 cm³/mol. The van der Waals surface area contributed by atoms with Crippen molar-refractivity contribution >= 4 is 6.08 Å². The van der Waals surface area contributed by atoms with Gasteiger partial charge in [-0.3, -0.25) is 0 Å². The summed E-state index contributed by atoms with van der Waals surface area (Å²) in [6.45, 7) is 2.16. The number of aromatic hydroxyl groups is 1. The van der Waals surface area contributed by atoms with E-state index in [1.165, 1.54) is 6.42 Å². The van der Waals surface area contributed by atoms with Crippen molar-refractivity contribution in [1.29, 1.82) is 0 Å². The molecule has 2 heteroatoms. The van der Waals surface area contributed by atoms with Gasteiger partial charge in [0, 0.05) is 5.56 Å². The molecule has 0 saturated carbocycles. The molecule has 1 unspecified atom stereocenters. The maximum Gasteiger partial charge on any atom is 0.169 e. The number of benzene rings is 1. The van der Waals surface area contributed by atoms with Crippen molar-refractivity contribution in [2.45, 2.75) is 32.3 Å². The van der Waals surface area contributed by atoms with Gasteiger partial charge in [-0.15, -0.1) is 0 Å². The lowest BCUT2D eigenvalue weighted by Gasteiger charge is -2.21. The maximum absolute atomic E-state index is 9.64. The molecule has 1 N–H and O–H groups in total. The largest absolute Gasteiger partial charge is 0.504 e. The molecule has 0 radical (unpaired) electrons. The van der Waals surface area contributed by atoms with Gasteiger partial charge in [-0.05, 0) is 25.0 Å². The van der Waals surface area contributed by atoms with Crippen LogP contribution in [0.15, 0.2) is 24.3 Å². The zero-order chi connectivity index (χ0) is 10.7. The van der Waals surface area contributed by atoms with E-state index in [1.807, 2.05) is 18.2 Å². The van der Waals surface area contributed by atoms with Crippen LogP contribution >= 0.6 is 0 Å². The molecule has 0 saturated heterocycles. The van der Waals surface area contributed by atoms with Crippen LogP contribution in [-0.2, 0) is 0 Å². The van der Waals surface area contributed by atoms with Gasteiger partial charge in [-0.1, -0.05) is 31.6 Å². The van der Waals surface area contributed by atoms with Crippen LogP contribution in [0.2, 0.25) is 0 Å². The Hall–Kier alpha value is -1.44. The summed E-state index contributed by atoms with van der Waals surface area (Å²) >= 11 is 0. The number of ether oxygens (including phenoxy) is 1. The van der Waals surface area contributed by atoms with Gasteiger partial charge < -0.3 is 9.84 Å². The van der Waals surface area contributed by atoms with Gasteiger partial charge in [0.15, 0.2) is 11.5 Å². The Kier molecular flexibility index (Phi) is 2.95. The average molecular weight is 204 g/mol. The minimum absolute atomic E-state index is 0.116. The Morgan fingerprint density at radius 3 is 3.07 bits per heavy atom. The number of hydrogen-bond donors (Lipinski definition) is 1. The summed E-state index contributed by atoms with van der Waals surface area (Å²) in [5.41, 5.74) is 0.961. The molecule has 0 aliphatic carbocycles. The molecule has 15 heavy (non-hydrogen) atoms. The third kappa shape index (κ3) is 2.14. The van der Waals surface area contributed by atoms with Crippen molar-refractivity contribution in [3.63, 3.8) is 0 Å². The first-order valence-electron chi connectivity index (χ1n) is 5.48. The van der Waals surface area contributed by atoms with Crippen LogP contribution in [0.25, 0.3) is 6.08 Å². The molecule has 1 aliphatic rings. The fourth-order valence-electron chi connectivity index (χ4n) is 1.76. The highest BCUT2D eigenvalue weighted by molar-refractivity contribution is 5.64. The molecule has 1 aromatic rings. The minimum Gasteiger partial charge on any atom is -0.504 e. The fraction of sp³-hybridized carbons (Fsp3) is 0.385. The topological polar surface area (TPSA) is 29.5 Å². The molecule has 0 amide bonds. The average Bonchev–Trinajstić information content (AvgIpc) is 2.27. The number of rotatable bonds is 3. The van der Waals surface area contributed by atoms with Crippen molar-refractivity contribution in [3.05, 3.63) is 29.8 Å². The second kappa shape index (κ2) is 4.39. The SMILES string of the molecule is CCCCC1C=Cc2cccc(O)c2O1. The van der Waals surface area contributed by atoms with E-state index in [0.717, 1.165) is 18.4 Å². The van der Waals surface area contributed by atoms with Crippen LogP contribution in [0.5, 0.6) is 11.5 Å². The first-order chi connectivity index (χ1) is 7.31. The van der Waals surface area contributed by atoms with E-state index in [4.69, 9.17) is 4.74 Å². The summed E-state index contributed by atoms with van der Waals surface area (Å²) in [6.07, 6.45) is 7.54. The summed E-state index contributed by atoms with van der Waals surface area (Å²) in [5, 5.41) is 9.64. The minimum atomic E-state index is 0.116. The van der Waals surface area contributed by atoms with Gasteiger partial charge in [-0.25, -0.2) is 0 Å². The first kappa shape index (κ1) is 10.1. The zero-order valence-electron chi connectivity index (χ0n) is 8.94. The smallest absolute Gasteiger partial charge is 0.169 e. The van der Waals surface area contributed by atoms with Crippen LogP contribution in [0.3, 0.4) is 0 Å². The highest BCUT2D eigenvalue weighted by Gasteiger charge is 2.16. The number of fused-ring (bicyclic) bond motifs is 1. The first-order valence-corrected chi connectivity index (χ1v) is 5.48. The highest BCUT2D eigenvalue weighted by Crippen LogP contribution is 2.35. The van der Waals surface area contributed by atoms with Crippen LogP contribution < -0.4 is 4.74 Å². The van der Waals surface area contributed by atoms with E-state index >= 15 is 0 Å². The van der Waals surface area contributed by atoms with Gasteiger partial charge in [-0.2, -0.15) is 0 Å². The second-order valence-corrected chi connectivity index (χ2v) is 3.85. The Morgan fingerprint density at radius 2 is 2.27 bits per heavy atom. The van der Waals surface area contributed by atoms with Crippen molar-refractivity contribution in [3.8, 4) is 11.5 Å². The second-order valence-electron chi connectivity index (χ2n) is 3.85.